The fraction of sp³-hybridized carbons (Fsp3) is 0.361. The second-order valence-corrected chi connectivity index (χ2v) is 47.3. The van der Waals surface area contributed by atoms with Crippen molar-refractivity contribution in [1.29, 1.82) is 0 Å². The van der Waals surface area contributed by atoms with Gasteiger partial charge in [0.1, 0.15) is 90.8 Å². The summed E-state index contributed by atoms with van der Waals surface area (Å²) in [4.78, 5) is 46.4. The van der Waals surface area contributed by atoms with Crippen LogP contribution in [0.2, 0.25) is 0 Å². The Morgan fingerprint density at radius 3 is 0.534 bits per heavy atom. The van der Waals surface area contributed by atoms with E-state index >= 15 is 0 Å². The quantitative estimate of drug-likeness (QED) is 0.0541. The molecule has 23 heteroatoms. The van der Waals surface area contributed by atoms with Crippen molar-refractivity contribution in [3.63, 3.8) is 0 Å². The Labute approximate surface area is 777 Å². The van der Waals surface area contributed by atoms with Crippen LogP contribution in [0.15, 0.2) is 284 Å². The van der Waals surface area contributed by atoms with E-state index in [1.54, 1.807) is 91.0 Å². The number of ketones is 3. The summed E-state index contributed by atoms with van der Waals surface area (Å²) >= 11 is 0. The van der Waals surface area contributed by atoms with Gasteiger partial charge in [0, 0.05) is 50.4 Å². The molecule has 0 saturated carbocycles. The van der Waals surface area contributed by atoms with Crippen molar-refractivity contribution in [1.82, 2.24) is 0 Å². The highest BCUT2D eigenvalue weighted by Gasteiger charge is 2.33. The third kappa shape index (κ3) is 29.5. The number of anilines is 3. The van der Waals surface area contributed by atoms with Gasteiger partial charge in [0.15, 0.2) is 17.3 Å². The van der Waals surface area contributed by atoms with E-state index < -0.39 is 61.0 Å². The zero-order chi connectivity index (χ0) is 96.8. The van der Waals surface area contributed by atoms with Crippen molar-refractivity contribution < 1.29 is 77.5 Å². The SMILES string of the molecule is CC(C)(C)Oc1ccc(C(=O)c2cc(C(=O)c3ccc(OC(C)(C)C)cc3)cc(C(=O)c3ccc(OC(C)(C)C)cc3)c2)cc1.CC(C)(C)Oc1ccc(N2CN(c3ccc(OC(C)(C)C)cc3)CN(c3ccc(C(C)(C)C)cc3)C2)cc1.CC(C)(C)Oc1ccc(S(=O)(=O)c2cc(S(=O)(=O)c3ccc(OC(C)(C)C)cc3)cc(S(=O)(=O)c3ccc(OC(C)(C)C)cc3)c2)cc1. The van der Waals surface area contributed by atoms with E-state index in [2.05, 4.69) is 150 Å². The van der Waals surface area contributed by atoms with Crippen molar-refractivity contribution in [3.8, 4) is 46.0 Å². The van der Waals surface area contributed by atoms with Gasteiger partial charge in [0.25, 0.3) is 0 Å². The van der Waals surface area contributed by atoms with Gasteiger partial charge in [-0.05, 0) is 420 Å². The Hall–Kier alpha value is -11.9. The van der Waals surface area contributed by atoms with Crippen LogP contribution in [-0.2, 0) is 34.9 Å². The van der Waals surface area contributed by atoms with Gasteiger partial charge in [-0.25, -0.2) is 25.3 Å². The van der Waals surface area contributed by atoms with Crippen LogP contribution in [0, 0.1) is 0 Å². The van der Waals surface area contributed by atoms with Crippen LogP contribution in [-0.4, -0.2) is 107 Å². The third-order valence-electron chi connectivity index (χ3n) is 19.2. The molecule has 1 aliphatic heterocycles. The number of carbonyl (C=O) groups is 3. The van der Waals surface area contributed by atoms with Crippen LogP contribution in [0.4, 0.5) is 17.1 Å². The van der Waals surface area contributed by atoms with Crippen molar-refractivity contribution in [3.05, 3.63) is 294 Å². The van der Waals surface area contributed by atoms with Crippen LogP contribution in [0.25, 0.3) is 0 Å². The average Bonchev–Trinajstić information content (AvgIpc) is 0.750. The number of hydrogen-bond acceptors (Lipinski definition) is 20. The summed E-state index contributed by atoms with van der Waals surface area (Å²) in [5.41, 5.74) is 3.76. The van der Waals surface area contributed by atoms with E-state index in [0.717, 1.165) is 49.7 Å². The number of ether oxygens (including phenoxy) is 8. The first-order valence-electron chi connectivity index (χ1n) is 43.8. The molecule has 696 valence electrons. The number of nitrogens with zero attached hydrogens (tertiary/aromatic N) is 3. The van der Waals surface area contributed by atoms with Crippen LogP contribution in [0.5, 0.6) is 46.0 Å². The van der Waals surface area contributed by atoms with Gasteiger partial charge in [-0.1, -0.05) is 32.9 Å². The summed E-state index contributed by atoms with van der Waals surface area (Å²) in [6.45, 7) is 55.8. The molecule has 11 aromatic rings. The molecule has 1 fully saturated rings. The van der Waals surface area contributed by atoms with Crippen LogP contribution in [0.1, 0.15) is 240 Å². The fourth-order valence-corrected chi connectivity index (χ4v) is 17.9. The van der Waals surface area contributed by atoms with E-state index in [-0.39, 0.29) is 82.1 Å². The largest absolute Gasteiger partial charge is 0.488 e. The normalized spacial score (nSPS) is 13.3. The van der Waals surface area contributed by atoms with Gasteiger partial charge in [-0.2, -0.15) is 0 Å². The lowest BCUT2D eigenvalue weighted by Gasteiger charge is -2.45. The Bertz CT molecular complexity index is 5620. The molecule has 0 atom stereocenters. The summed E-state index contributed by atoms with van der Waals surface area (Å²) in [6.07, 6.45) is 0. The van der Waals surface area contributed by atoms with E-state index in [1.807, 2.05) is 125 Å². The van der Waals surface area contributed by atoms with Crippen molar-refractivity contribution in [2.75, 3.05) is 34.7 Å². The lowest BCUT2D eigenvalue weighted by molar-refractivity contribution is 0.103. The molecule has 11 aromatic carbocycles. The molecule has 1 saturated heterocycles. The molecule has 1 aliphatic rings. The molecule has 0 N–H and O–H groups in total. The van der Waals surface area contributed by atoms with Crippen LogP contribution < -0.4 is 52.6 Å². The Morgan fingerprint density at radius 2 is 0.366 bits per heavy atom. The smallest absolute Gasteiger partial charge is 0.206 e. The van der Waals surface area contributed by atoms with Crippen molar-refractivity contribution >= 4 is 63.9 Å². The molecule has 0 bridgehead atoms. The topological polar surface area (TPSA) is 237 Å². The number of rotatable bonds is 23. The Morgan fingerprint density at radius 1 is 0.206 bits per heavy atom. The Balaban J connectivity index is 0.000000205. The molecule has 0 spiro atoms. The molecule has 0 amide bonds. The van der Waals surface area contributed by atoms with E-state index in [9.17, 15) is 39.6 Å². The van der Waals surface area contributed by atoms with Crippen LogP contribution in [0.3, 0.4) is 0 Å². The molecule has 1 heterocycles. The minimum absolute atomic E-state index is 0.131. The maximum absolute atomic E-state index is 14.0. The first-order chi connectivity index (χ1) is 60.4. The zero-order valence-corrected chi connectivity index (χ0v) is 83.3. The van der Waals surface area contributed by atoms with E-state index in [1.165, 1.54) is 95.4 Å². The van der Waals surface area contributed by atoms with Gasteiger partial charge in [-0.15, -0.1) is 0 Å². The third-order valence-corrected chi connectivity index (χ3v) is 24.4. The van der Waals surface area contributed by atoms with Gasteiger partial charge >= 0.3 is 0 Å². The van der Waals surface area contributed by atoms with E-state index in [4.69, 9.17) is 37.9 Å². The monoisotopic (exact) mass is 1840 g/mol. The number of sulfone groups is 3. The maximum atomic E-state index is 14.0. The van der Waals surface area contributed by atoms with Crippen molar-refractivity contribution in [2.24, 2.45) is 0 Å². The fourth-order valence-electron chi connectivity index (χ4n) is 13.7. The van der Waals surface area contributed by atoms with E-state index in [0.29, 0.717) is 51.2 Å². The lowest BCUT2D eigenvalue weighted by atomic mass is 9.87. The predicted molar refractivity (Wildman–Crippen MR) is 521 cm³/mol. The molecule has 131 heavy (non-hydrogen) atoms. The van der Waals surface area contributed by atoms with Gasteiger partial charge < -0.3 is 52.6 Å². The predicted octanol–water partition coefficient (Wildman–Crippen LogP) is 24.7. The molecule has 0 aromatic heterocycles. The summed E-state index contributed by atoms with van der Waals surface area (Å²) in [6, 6.07) is 70.9. The van der Waals surface area contributed by atoms with Crippen molar-refractivity contribution in [2.45, 2.75) is 267 Å². The molecule has 0 unspecified atom stereocenters. The average molecular weight is 1840 g/mol. The highest BCUT2D eigenvalue weighted by Crippen LogP contribution is 2.38. The second kappa shape index (κ2) is 39.2. The van der Waals surface area contributed by atoms with Gasteiger partial charge in [-0.3, -0.25) is 14.4 Å². The first kappa shape index (κ1) is 101. The number of benzene rings is 11. The molecule has 0 aliphatic carbocycles. The first-order valence-corrected chi connectivity index (χ1v) is 48.2. The summed E-state index contributed by atoms with van der Waals surface area (Å²) in [5.74, 6) is 4.02. The minimum Gasteiger partial charge on any atom is -0.488 e. The molecular formula is C108H129N3O17S3. The highest BCUT2D eigenvalue weighted by atomic mass is 32.2. The summed E-state index contributed by atoms with van der Waals surface area (Å²) < 4.78 is 131. The molecule has 12 rings (SSSR count). The highest BCUT2D eigenvalue weighted by molar-refractivity contribution is 7.93. The number of hydrogen-bond donors (Lipinski definition) is 0. The van der Waals surface area contributed by atoms with Crippen LogP contribution >= 0.6 is 0 Å². The zero-order valence-electron chi connectivity index (χ0n) is 80.9. The Kier molecular flexibility index (Phi) is 30.3. The maximum Gasteiger partial charge on any atom is 0.206 e. The molecule has 0 radical (unpaired) electrons. The molecular weight excluding hydrogens is 1710 g/mol. The second-order valence-electron chi connectivity index (χ2n) is 41.5. The molecule has 20 nitrogen and oxygen atoms in total. The van der Waals surface area contributed by atoms with Gasteiger partial charge in [0.05, 0.1) is 49.4 Å². The van der Waals surface area contributed by atoms with Gasteiger partial charge in [0.2, 0.25) is 29.5 Å². The summed E-state index contributed by atoms with van der Waals surface area (Å²) in [7, 11) is -13.2. The lowest BCUT2D eigenvalue weighted by Crippen LogP contribution is -2.55. The standard InChI is InChI=1S/C39H42O6.C36H42O9S3.C33H45N3O2/c1-37(2,3)43-31-16-10-25(11-17-31)34(40)28-22-29(35(41)26-12-18-32(19-13-26)44-38(4,5)6)24-30(23-28)36(42)27-14-20-33(21-15-27)45-39(7,8)9;1-34(2,3)43-25-10-16-28(17-11-25)46(37,38)31-22-32(47(39,40)29-18-12-26(13-19-29)44-35(4,5)6)24-33(23-31)48(41,42)30-20-14-27(15-21-30)45-36(7,8)9;1-31(2,3)25-10-12-26(13-11-25)34-22-35(27-14-18-29(19-15-27)37-32(4,5)6)24-36(23-34)28-16-20-30(21-17-28)38-33(7,8)9/h10-24H,1-9H3;10-24H,1-9H3;10-21H,22-24H2,1-9H3. The summed E-state index contributed by atoms with van der Waals surface area (Å²) in [5, 5.41) is 0. The number of carbonyl (C=O) groups excluding carboxylic acids is 3. The minimum atomic E-state index is -4.41.